The molecule has 38 heavy (non-hydrogen) atoms. The van der Waals surface area contributed by atoms with Gasteiger partial charge in [-0.05, 0) is 99.4 Å². The van der Waals surface area contributed by atoms with Gasteiger partial charge in [-0.3, -0.25) is 4.79 Å². The molecular weight excluding hydrogens is 571 g/mol. The van der Waals surface area contributed by atoms with Gasteiger partial charge in [0, 0.05) is 10.7 Å². The maximum Gasteiger partial charge on any atom is 0.266 e. The van der Waals surface area contributed by atoms with Gasteiger partial charge in [-0.25, -0.2) is 4.39 Å². The molecule has 0 aromatic heterocycles. The van der Waals surface area contributed by atoms with Crippen molar-refractivity contribution in [3.8, 4) is 17.6 Å². The van der Waals surface area contributed by atoms with Crippen LogP contribution in [-0.2, 0) is 18.0 Å². The number of hydrogen-bond donors (Lipinski definition) is 1. The van der Waals surface area contributed by atoms with Gasteiger partial charge in [0.05, 0.1) is 4.47 Å². The van der Waals surface area contributed by atoms with E-state index in [1.165, 1.54) is 18.2 Å². The standard InChI is InChI=1S/C30H21BrClFN2O3/c31-28-16-22(5-14-29(28)38-19-21-3-8-25(33)9-4-21)15-23(17-34)30(36)35-26-10-12-27(13-11-26)37-18-20-1-6-24(32)7-2-20/h1-16H,18-19H2,(H,35,36)/b23-15+. The first kappa shape index (κ1) is 26.9. The van der Waals surface area contributed by atoms with Crippen molar-refractivity contribution in [1.29, 1.82) is 5.26 Å². The number of carbonyl (C=O) groups excluding carboxylic acids is 1. The van der Waals surface area contributed by atoms with E-state index in [2.05, 4.69) is 21.2 Å². The van der Waals surface area contributed by atoms with E-state index >= 15 is 0 Å². The van der Waals surface area contributed by atoms with Crippen LogP contribution in [0.5, 0.6) is 11.5 Å². The third kappa shape index (κ3) is 7.69. The van der Waals surface area contributed by atoms with E-state index in [1.807, 2.05) is 18.2 Å². The van der Waals surface area contributed by atoms with Crippen molar-refractivity contribution in [2.45, 2.75) is 13.2 Å². The molecule has 0 unspecified atom stereocenters. The van der Waals surface area contributed by atoms with E-state index in [9.17, 15) is 14.4 Å². The molecule has 0 radical (unpaired) electrons. The van der Waals surface area contributed by atoms with Crippen LogP contribution >= 0.6 is 27.5 Å². The van der Waals surface area contributed by atoms with Gasteiger partial charge >= 0.3 is 0 Å². The number of amides is 1. The molecule has 0 aliphatic heterocycles. The van der Waals surface area contributed by atoms with Crippen LogP contribution < -0.4 is 14.8 Å². The summed E-state index contributed by atoms with van der Waals surface area (Å²) in [6.45, 7) is 0.653. The fourth-order valence-electron chi connectivity index (χ4n) is 3.36. The minimum atomic E-state index is -0.532. The molecule has 4 rings (SSSR count). The zero-order chi connectivity index (χ0) is 26.9. The molecule has 190 valence electrons. The van der Waals surface area contributed by atoms with Crippen LogP contribution in [0.25, 0.3) is 6.08 Å². The van der Waals surface area contributed by atoms with Crippen molar-refractivity contribution >= 4 is 45.2 Å². The fraction of sp³-hybridized carbons (Fsp3) is 0.0667. The minimum Gasteiger partial charge on any atom is -0.489 e. The van der Waals surface area contributed by atoms with Gasteiger partial charge in [0.2, 0.25) is 0 Å². The summed E-state index contributed by atoms with van der Waals surface area (Å²) in [5, 5.41) is 12.9. The topological polar surface area (TPSA) is 71.3 Å². The second kappa shape index (κ2) is 12.9. The average molecular weight is 592 g/mol. The lowest BCUT2D eigenvalue weighted by molar-refractivity contribution is -0.112. The van der Waals surface area contributed by atoms with Crippen LogP contribution in [-0.4, -0.2) is 5.91 Å². The molecule has 5 nitrogen and oxygen atoms in total. The number of hydrogen-bond acceptors (Lipinski definition) is 4. The van der Waals surface area contributed by atoms with E-state index in [0.29, 0.717) is 38.9 Å². The highest BCUT2D eigenvalue weighted by Gasteiger charge is 2.11. The van der Waals surface area contributed by atoms with Gasteiger partial charge in [0.25, 0.3) is 5.91 Å². The molecule has 4 aromatic rings. The lowest BCUT2D eigenvalue weighted by Crippen LogP contribution is -2.13. The van der Waals surface area contributed by atoms with Crippen molar-refractivity contribution in [3.63, 3.8) is 0 Å². The third-order valence-corrected chi connectivity index (χ3v) is 6.24. The predicted molar refractivity (Wildman–Crippen MR) is 149 cm³/mol. The summed E-state index contributed by atoms with van der Waals surface area (Å²) in [5.41, 5.74) is 2.92. The number of nitrogens with zero attached hydrogens (tertiary/aromatic N) is 1. The summed E-state index contributed by atoms with van der Waals surface area (Å²) in [5.74, 6) is 0.378. The molecule has 1 amide bonds. The van der Waals surface area contributed by atoms with E-state index in [1.54, 1.807) is 66.7 Å². The van der Waals surface area contributed by atoms with Crippen LogP contribution in [0, 0.1) is 17.1 Å². The first-order valence-electron chi connectivity index (χ1n) is 11.5. The van der Waals surface area contributed by atoms with Crippen molar-refractivity contribution in [3.05, 3.63) is 129 Å². The monoisotopic (exact) mass is 590 g/mol. The van der Waals surface area contributed by atoms with Crippen molar-refractivity contribution in [2.75, 3.05) is 5.32 Å². The Morgan fingerprint density at radius 1 is 0.921 bits per heavy atom. The zero-order valence-electron chi connectivity index (χ0n) is 20.0. The quantitative estimate of drug-likeness (QED) is 0.158. The van der Waals surface area contributed by atoms with Gasteiger partial charge in [-0.2, -0.15) is 5.26 Å². The molecule has 0 bridgehead atoms. The van der Waals surface area contributed by atoms with Crippen LogP contribution in [0.2, 0.25) is 5.02 Å². The van der Waals surface area contributed by atoms with Crippen LogP contribution in [0.3, 0.4) is 0 Å². The maximum atomic E-state index is 13.1. The number of halogens is 3. The smallest absolute Gasteiger partial charge is 0.266 e. The Morgan fingerprint density at radius 3 is 2.18 bits per heavy atom. The fourth-order valence-corrected chi connectivity index (χ4v) is 4.00. The summed E-state index contributed by atoms with van der Waals surface area (Å²) >= 11 is 9.36. The van der Waals surface area contributed by atoms with Crippen LogP contribution in [0.15, 0.2) is 101 Å². The summed E-state index contributed by atoms with van der Waals surface area (Å²) in [7, 11) is 0. The third-order valence-electron chi connectivity index (χ3n) is 5.37. The van der Waals surface area contributed by atoms with E-state index in [4.69, 9.17) is 21.1 Å². The SMILES string of the molecule is N#C/C(=C\c1ccc(OCc2ccc(F)cc2)c(Br)c1)C(=O)Nc1ccc(OCc2ccc(Cl)cc2)cc1. The largest absolute Gasteiger partial charge is 0.489 e. The van der Waals surface area contributed by atoms with Gasteiger partial charge in [0.15, 0.2) is 0 Å². The lowest BCUT2D eigenvalue weighted by Gasteiger charge is -2.10. The number of nitrogens with one attached hydrogen (secondary N) is 1. The summed E-state index contributed by atoms with van der Waals surface area (Å²) in [6.07, 6.45) is 1.49. The van der Waals surface area contributed by atoms with Gasteiger partial charge < -0.3 is 14.8 Å². The van der Waals surface area contributed by atoms with Crippen molar-refractivity contribution in [1.82, 2.24) is 0 Å². The predicted octanol–water partition coefficient (Wildman–Crippen LogP) is 7.95. The number of nitriles is 1. The number of benzene rings is 4. The molecule has 0 spiro atoms. The first-order chi connectivity index (χ1) is 18.4. The Balaban J connectivity index is 1.34. The molecule has 0 aliphatic carbocycles. The minimum absolute atomic E-state index is 0.0556. The first-order valence-corrected chi connectivity index (χ1v) is 12.6. The molecule has 0 fully saturated rings. The zero-order valence-corrected chi connectivity index (χ0v) is 22.3. The summed E-state index contributed by atoms with van der Waals surface area (Å²) < 4.78 is 25.3. The Morgan fingerprint density at radius 2 is 1.55 bits per heavy atom. The van der Waals surface area contributed by atoms with Crippen molar-refractivity contribution < 1.29 is 18.7 Å². The molecule has 1 N–H and O–H groups in total. The number of ether oxygens (including phenoxy) is 2. The van der Waals surface area contributed by atoms with E-state index < -0.39 is 5.91 Å². The molecule has 8 heteroatoms. The number of rotatable bonds is 9. The average Bonchev–Trinajstić information content (AvgIpc) is 2.92. The molecule has 0 heterocycles. The van der Waals surface area contributed by atoms with E-state index in [0.717, 1.165) is 11.1 Å². The maximum absolute atomic E-state index is 13.1. The van der Waals surface area contributed by atoms with Gasteiger partial charge in [0.1, 0.15) is 42.2 Å². The normalized spacial score (nSPS) is 10.9. The van der Waals surface area contributed by atoms with Crippen molar-refractivity contribution in [2.24, 2.45) is 0 Å². The Kier molecular flexibility index (Phi) is 9.15. The second-order valence-corrected chi connectivity index (χ2v) is 9.46. The number of anilines is 1. The molecule has 4 aromatic carbocycles. The molecule has 0 saturated carbocycles. The molecule has 0 aliphatic rings. The molecule has 0 saturated heterocycles. The highest BCUT2D eigenvalue weighted by atomic mass is 79.9. The highest BCUT2D eigenvalue weighted by Crippen LogP contribution is 2.28. The number of carbonyl (C=O) groups is 1. The second-order valence-electron chi connectivity index (χ2n) is 8.17. The van der Waals surface area contributed by atoms with Crippen LogP contribution in [0.4, 0.5) is 10.1 Å². The van der Waals surface area contributed by atoms with Crippen LogP contribution in [0.1, 0.15) is 16.7 Å². The van der Waals surface area contributed by atoms with E-state index in [-0.39, 0.29) is 18.0 Å². The summed E-state index contributed by atoms with van der Waals surface area (Å²) in [4.78, 5) is 12.7. The Labute approximate surface area is 233 Å². The highest BCUT2D eigenvalue weighted by molar-refractivity contribution is 9.10. The Bertz CT molecular complexity index is 1480. The van der Waals surface area contributed by atoms with Gasteiger partial charge in [-0.1, -0.05) is 41.9 Å². The Hall–Kier alpha value is -4.12. The lowest BCUT2D eigenvalue weighted by atomic mass is 10.1. The van der Waals surface area contributed by atoms with Gasteiger partial charge in [-0.15, -0.1) is 0 Å². The molecule has 0 atom stereocenters. The summed E-state index contributed by atoms with van der Waals surface area (Å²) in [6, 6.07) is 27.5. The molecular formula is C30H21BrClFN2O3.